The first-order valence-electron chi connectivity index (χ1n) is 6.72. The van der Waals surface area contributed by atoms with Crippen molar-refractivity contribution in [3.8, 4) is 0 Å². The summed E-state index contributed by atoms with van der Waals surface area (Å²) >= 11 is 0. The van der Waals surface area contributed by atoms with E-state index in [1.165, 1.54) is 24.3 Å². The third-order valence-corrected chi connectivity index (χ3v) is 3.27. The quantitative estimate of drug-likeness (QED) is 0.583. The number of halogens is 9. The summed E-state index contributed by atoms with van der Waals surface area (Å²) in [5.41, 5.74) is -5.96. The van der Waals surface area contributed by atoms with E-state index >= 15 is 0 Å². The molecule has 0 aliphatic carbocycles. The normalized spacial score (nSPS) is 16.7. The second-order valence-corrected chi connectivity index (χ2v) is 5.18. The van der Waals surface area contributed by atoms with Gasteiger partial charge in [0, 0.05) is 6.42 Å². The van der Waals surface area contributed by atoms with Crippen molar-refractivity contribution >= 4 is 5.97 Å². The Labute approximate surface area is 140 Å². The van der Waals surface area contributed by atoms with E-state index in [2.05, 4.69) is 4.74 Å². The van der Waals surface area contributed by atoms with Gasteiger partial charge in [0.25, 0.3) is 5.67 Å². The lowest BCUT2D eigenvalue weighted by Gasteiger charge is -2.36. The van der Waals surface area contributed by atoms with Crippen molar-refractivity contribution in [1.82, 2.24) is 0 Å². The molecule has 0 saturated heterocycles. The van der Waals surface area contributed by atoms with Crippen LogP contribution >= 0.6 is 0 Å². The average Bonchev–Trinajstić information content (AvgIpc) is 2.51. The fourth-order valence-electron chi connectivity index (χ4n) is 1.82. The van der Waals surface area contributed by atoms with Crippen molar-refractivity contribution in [3.05, 3.63) is 35.9 Å². The van der Waals surface area contributed by atoms with Gasteiger partial charge in [0.1, 0.15) is 6.61 Å². The first kappa shape index (κ1) is 22.1. The summed E-state index contributed by atoms with van der Waals surface area (Å²) in [5, 5.41) is 9.21. The molecule has 148 valence electrons. The highest BCUT2D eigenvalue weighted by Gasteiger charge is 2.81. The Hall–Kier alpha value is -1.98. The molecule has 0 bridgehead atoms. The Morgan fingerprint density at radius 1 is 0.923 bits per heavy atom. The number of hydrogen-bond donors (Lipinski definition) is 1. The van der Waals surface area contributed by atoms with E-state index in [0.29, 0.717) is 0 Å². The maximum Gasteiger partial charge on any atom is 0.457 e. The van der Waals surface area contributed by atoms with Crippen LogP contribution in [0.5, 0.6) is 0 Å². The Bertz CT molecular complexity index is 612. The molecule has 0 fully saturated rings. The molecule has 0 amide bonds. The molecule has 0 spiro atoms. The Kier molecular flexibility index (Phi) is 6.22. The van der Waals surface area contributed by atoms with Crippen LogP contribution in [0.4, 0.5) is 39.5 Å². The highest BCUT2D eigenvalue weighted by atomic mass is 19.4. The van der Waals surface area contributed by atoms with Crippen LogP contribution in [-0.4, -0.2) is 41.1 Å². The number of hydrogen-bond acceptors (Lipinski definition) is 3. The lowest BCUT2D eigenvalue weighted by Crippen LogP contribution is -2.63. The molecule has 26 heavy (non-hydrogen) atoms. The van der Waals surface area contributed by atoms with Crippen LogP contribution in [0, 0.1) is 0 Å². The van der Waals surface area contributed by atoms with E-state index in [0.717, 1.165) is 0 Å². The van der Waals surface area contributed by atoms with Crippen molar-refractivity contribution < 1.29 is 54.2 Å². The maximum absolute atomic E-state index is 13.8. The minimum Gasteiger partial charge on any atom is -0.459 e. The van der Waals surface area contributed by atoms with Gasteiger partial charge in [0.05, 0.1) is 0 Å². The summed E-state index contributed by atoms with van der Waals surface area (Å²) < 4.78 is 119. The minimum absolute atomic E-state index is 0.274. The molecule has 3 nitrogen and oxygen atoms in total. The minimum atomic E-state index is -6.91. The average molecular weight is 398 g/mol. The molecular formula is C14H11F9O3. The van der Waals surface area contributed by atoms with Gasteiger partial charge in [-0.15, -0.1) is 0 Å². The third-order valence-electron chi connectivity index (χ3n) is 3.27. The Morgan fingerprint density at radius 3 is 1.85 bits per heavy atom. The number of benzene rings is 1. The van der Waals surface area contributed by atoms with Gasteiger partial charge in [-0.2, -0.15) is 35.1 Å². The summed E-state index contributed by atoms with van der Waals surface area (Å²) in [6.45, 7) is -0.627. The fraction of sp³-hybridized carbons (Fsp3) is 0.500. The first-order valence-corrected chi connectivity index (χ1v) is 6.72. The lowest BCUT2D eigenvalue weighted by atomic mass is 9.89. The molecular weight excluding hydrogens is 387 g/mol. The van der Waals surface area contributed by atoms with Crippen molar-refractivity contribution in [2.24, 2.45) is 0 Å². The second-order valence-electron chi connectivity index (χ2n) is 5.18. The number of aliphatic hydroxyl groups is 1. The van der Waals surface area contributed by atoms with Crippen LogP contribution in [-0.2, 0) is 16.1 Å². The van der Waals surface area contributed by atoms with Gasteiger partial charge in [-0.3, -0.25) is 0 Å². The standard InChI is InChI=1S/C14H11F9O3/c15-11(13(18,19)20,12(16,17)14(21,22)23)6-9(24)10(25)26-7-8-4-2-1-3-5-8/h1-5,9,24H,6-7H2. The van der Waals surface area contributed by atoms with E-state index in [1.54, 1.807) is 6.07 Å². The topological polar surface area (TPSA) is 46.5 Å². The van der Waals surface area contributed by atoms with Crippen molar-refractivity contribution in [1.29, 1.82) is 0 Å². The maximum atomic E-state index is 13.8. The van der Waals surface area contributed by atoms with E-state index in [-0.39, 0.29) is 5.56 Å². The highest BCUT2D eigenvalue weighted by Crippen LogP contribution is 2.54. The second kappa shape index (κ2) is 7.33. The number of ether oxygens (including phenoxy) is 1. The van der Waals surface area contributed by atoms with E-state index in [4.69, 9.17) is 0 Å². The molecule has 1 aromatic rings. The summed E-state index contributed by atoms with van der Waals surface area (Å²) in [4.78, 5) is 11.4. The van der Waals surface area contributed by atoms with Crippen molar-refractivity contribution in [3.63, 3.8) is 0 Å². The summed E-state index contributed by atoms with van der Waals surface area (Å²) in [6.07, 6.45) is -19.7. The molecule has 1 N–H and O–H groups in total. The Balaban J connectivity index is 2.96. The lowest BCUT2D eigenvalue weighted by molar-refractivity contribution is -0.386. The van der Waals surface area contributed by atoms with Gasteiger partial charge < -0.3 is 9.84 Å². The number of esters is 1. The van der Waals surface area contributed by atoms with Gasteiger partial charge >= 0.3 is 24.2 Å². The number of alkyl halides is 9. The number of aliphatic hydroxyl groups excluding tert-OH is 1. The molecule has 0 saturated carbocycles. The molecule has 1 rings (SSSR count). The first-order chi connectivity index (χ1) is 11.6. The molecule has 1 aromatic carbocycles. The molecule has 2 unspecified atom stereocenters. The highest BCUT2D eigenvalue weighted by molar-refractivity contribution is 5.74. The van der Waals surface area contributed by atoms with Crippen LogP contribution in [0.15, 0.2) is 30.3 Å². The van der Waals surface area contributed by atoms with E-state index < -0.39 is 49.0 Å². The summed E-state index contributed by atoms with van der Waals surface area (Å²) in [6, 6.07) is 7.26. The van der Waals surface area contributed by atoms with Gasteiger partial charge in [-0.1, -0.05) is 30.3 Å². The summed E-state index contributed by atoms with van der Waals surface area (Å²) in [5.74, 6) is -8.89. The SMILES string of the molecule is O=C(OCc1ccccc1)C(O)CC(F)(C(F)(F)F)C(F)(F)C(F)(F)F. The van der Waals surface area contributed by atoms with Crippen molar-refractivity contribution in [2.75, 3.05) is 0 Å². The zero-order chi connectivity index (χ0) is 20.4. The number of rotatable bonds is 6. The van der Waals surface area contributed by atoms with Gasteiger partial charge in [0.15, 0.2) is 6.10 Å². The largest absolute Gasteiger partial charge is 0.459 e. The fourth-order valence-corrected chi connectivity index (χ4v) is 1.82. The molecule has 12 heteroatoms. The molecule has 0 aromatic heterocycles. The van der Waals surface area contributed by atoms with Gasteiger partial charge in [0.2, 0.25) is 0 Å². The monoisotopic (exact) mass is 398 g/mol. The van der Waals surface area contributed by atoms with Crippen LogP contribution in [0.1, 0.15) is 12.0 Å². The van der Waals surface area contributed by atoms with Crippen LogP contribution in [0.2, 0.25) is 0 Å². The molecule has 0 radical (unpaired) electrons. The van der Waals surface area contributed by atoms with Gasteiger partial charge in [-0.05, 0) is 5.56 Å². The van der Waals surface area contributed by atoms with Crippen LogP contribution < -0.4 is 0 Å². The smallest absolute Gasteiger partial charge is 0.457 e. The number of carbonyl (C=O) groups excluding carboxylic acids is 1. The molecule has 0 aliphatic heterocycles. The zero-order valence-corrected chi connectivity index (χ0v) is 12.5. The predicted molar refractivity (Wildman–Crippen MR) is 67.8 cm³/mol. The Morgan fingerprint density at radius 2 is 1.42 bits per heavy atom. The zero-order valence-electron chi connectivity index (χ0n) is 12.5. The number of carbonyl (C=O) groups is 1. The van der Waals surface area contributed by atoms with E-state index in [1.807, 2.05) is 0 Å². The van der Waals surface area contributed by atoms with E-state index in [9.17, 15) is 49.4 Å². The molecule has 0 aliphatic rings. The van der Waals surface area contributed by atoms with Crippen molar-refractivity contribution in [2.45, 2.75) is 43.1 Å². The predicted octanol–water partition coefficient (Wildman–Crippen LogP) is 3.95. The van der Waals surface area contributed by atoms with Gasteiger partial charge in [-0.25, -0.2) is 9.18 Å². The van der Waals surface area contributed by atoms with Crippen LogP contribution in [0.25, 0.3) is 0 Å². The molecule has 2 atom stereocenters. The van der Waals surface area contributed by atoms with Crippen LogP contribution in [0.3, 0.4) is 0 Å². The summed E-state index contributed by atoms with van der Waals surface area (Å²) in [7, 11) is 0. The third kappa shape index (κ3) is 4.40. The molecule has 0 heterocycles.